The van der Waals surface area contributed by atoms with E-state index in [9.17, 15) is 9.18 Å². The molecule has 2 aliphatic rings. The Bertz CT molecular complexity index is 2360. The van der Waals surface area contributed by atoms with Crippen molar-refractivity contribution in [1.82, 2.24) is 19.4 Å². The Morgan fingerprint density at radius 3 is 2.77 bits per heavy atom. The average Bonchev–Trinajstić information content (AvgIpc) is 3.80. The molecule has 3 aromatic heterocycles. The molecule has 0 amide bonds. The van der Waals surface area contributed by atoms with Gasteiger partial charge in [0.25, 0.3) is 0 Å². The van der Waals surface area contributed by atoms with Crippen molar-refractivity contribution in [2.75, 3.05) is 34.0 Å². The van der Waals surface area contributed by atoms with Gasteiger partial charge in [-0.25, -0.2) is 9.18 Å². The second-order valence-corrected chi connectivity index (χ2v) is 14.4. The summed E-state index contributed by atoms with van der Waals surface area (Å²) in [6.07, 6.45) is 3.26. The lowest BCUT2D eigenvalue weighted by Crippen LogP contribution is -2.47. The number of nitrogens with one attached hydrogen (secondary N) is 1. The van der Waals surface area contributed by atoms with Gasteiger partial charge in [-0.05, 0) is 105 Å². The molecule has 10 nitrogen and oxygen atoms in total. The predicted molar refractivity (Wildman–Crippen MR) is 200 cm³/mol. The second-order valence-electron chi connectivity index (χ2n) is 14.0. The fourth-order valence-electron chi connectivity index (χ4n) is 8.30. The first-order valence-corrected chi connectivity index (χ1v) is 18.7. The summed E-state index contributed by atoms with van der Waals surface area (Å²) >= 11 is 7.16. The zero-order chi connectivity index (χ0) is 36.8. The number of fused-ring (bicyclic) bond motifs is 7. The average molecular weight is 741 g/mol. The number of carbonyl (C=O) groups excluding carboxylic acids is 1. The smallest absolute Gasteiger partial charge is 0.354 e. The highest BCUT2D eigenvalue weighted by molar-refractivity contribution is 6.35. The van der Waals surface area contributed by atoms with Gasteiger partial charge in [-0.3, -0.25) is 4.68 Å². The normalized spacial score (nSPS) is 16.4. The Kier molecular flexibility index (Phi) is 9.74. The zero-order valence-corrected chi connectivity index (χ0v) is 31.3. The van der Waals surface area contributed by atoms with E-state index >= 15 is 0 Å². The minimum atomic E-state index is -0.412. The second kappa shape index (κ2) is 14.6. The Morgan fingerprint density at radius 1 is 1.08 bits per heavy atom. The van der Waals surface area contributed by atoms with Crippen LogP contribution in [0.2, 0.25) is 5.02 Å². The lowest BCUT2D eigenvalue weighted by Gasteiger charge is -2.19. The van der Waals surface area contributed by atoms with Gasteiger partial charge in [0.2, 0.25) is 5.69 Å². The van der Waals surface area contributed by atoms with Gasteiger partial charge in [0.05, 0.1) is 43.8 Å². The summed E-state index contributed by atoms with van der Waals surface area (Å²) in [6.45, 7) is 7.35. The van der Waals surface area contributed by atoms with Crippen LogP contribution in [0.1, 0.15) is 63.3 Å². The predicted octanol–water partition coefficient (Wildman–Crippen LogP) is 7.39. The summed E-state index contributed by atoms with van der Waals surface area (Å²) < 4.78 is 44.5. The van der Waals surface area contributed by atoms with Crippen molar-refractivity contribution in [2.45, 2.75) is 71.7 Å². The van der Waals surface area contributed by atoms with Gasteiger partial charge >= 0.3 is 5.97 Å². The van der Waals surface area contributed by atoms with Crippen LogP contribution < -0.4 is 9.42 Å². The minimum Gasteiger partial charge on any atom is -0.493 e. The Balaban J connectivity index is 1.28. The number of aromatic amines is 1. The van der Waals surface area contributed by atoms with Crippen LogP contribution in [-0.2, 0) is 53.1 Å². The summed E-state index contributed by atoms with van der Waals surface area (Å²) in [5, 5.41) is 11.8. The molecule has 1 unspecified atom stereocenters. The maximum absolute atomic E-state index is 14.5. The highest BCUT2D eigenvalue weighted by atomic mass is 35.5. The summed E-state index contributed by atoms with van der Waals surface area (Å²) in [5.41, 5.74) is 9.19. The SMILES string of the molecule is COCCn1nc2cc1CCc1cc(c3ccc(F)cc3c1)OCCCn1c(C(=O)OC)c(C)c3c(c(Cl)ccc31)-c1c(C)[nH][n+]3c1C(CC2)OCC3. The highest BCUT2D eigenvalue weighted by Gasteiger charge is 2.38. The molecule has 8 bridgehead atoms. The number of methoxy groups -OCH3 is 2. The molecule has 5 heterocycles. The third-order valence-corrected chi connectivity index (χ3v) is 11.0. The first kappa shape index (κ1) is 35.3. The van der Waals surface area contributed by atoms with E-state index < -0.39 is 5.97 Å². The molecule has 0 radical (unpaired) electrons. The number of benzene rings is 3. The number of halogens is 2. The van der Waals surface area contributed by atoms with Crippen LogP contribution in [0.3, 0.4) is 0 Å². The van der Waals surface area contributed by atoms with Crippen LogP contribution in [0.4, 0.5) is 4.39 Å². The lowest BCUT2D eigenvalue weighted by atomic mass is 9.93. The fourth-order valence-corrected chi connectivity index (χ4v) is 8.55. The van der Waals surface area contributed by atoms with E-state index in [0.717, 1.165) is 79.5 Å². The molecule has 0 saturated heterocycles. The van der Waals surface area contributed by atoms with Crippen molar-refractivity contribution < 1.29 is 32.8 Å². The molecule has 53 heavy (non-hydrogen) atoms. The van der Waals surface area contributed by atoms with E-state index in [-0.39, 0.29) is 11.9 Å². The summed E-state index contributed by atoms with van der Waals surface area (Å²) in [5.74, 6) is -0.00305. The van der Waals surface area contributed by atoms with Crippen LogP contribution in [-0.4, -0.2) is 59.5 Å². The van der Waals surface area contributed by atoms with E-state index in [0.29, 0.717) is 75.2 Å². The van der Waals surface area contributed by atoms with Gasteiger partial charge in [-0.1, -0.05) is 17.7 Å². The van der Waals surface area contributed by atoms with Crippen molar-refractivity contribution in [3.8, 4) is 16.9 Å². The number of rotatable bonds is 4. The molecule has 6 aromatic rings. The van der Waals surface area contributed by atoms with E-state index in [1.54, 1.807) is 19.2 Å². The molecule has 0 spiro atoms. The van der Waals surface area contributed by atoms with Crippen LogP contribution in [0, 0.1) is 19.7 Å². The van der Waals surface area contributed by atoms with E-state index in [1.165, 1.54) is 13.2 Å². The summed E-state index contributed by atoms with van der Waals surface area (Å²) in [7, 11) is 3.11. The molecular formula is C41H44ClFN5O5+. The van der Waals surface area contributed by atoms with Crippen LogP contribution >= 0.6 is 11.6 Å². The van der Waals surface area contributed by atoms with Gasteiger partial charge in [0.15, 0.2) is 6.54 Å². The van der Waals surface area contributed by atoms with Gasteiger partial charge in [-0.15, -0.1) is 4.68 Å². The molecule has 2 aliphatic heterocycles. The van der Waals surface area contributed by atoms with E-state index in [2.05, 4.69) is 28.8 Å². The first-order valence-electron chi connectivity index (χ1n) is 18.3. The van der Waals surface area contributed by atoms with Crippen molar-refractivity contribution in [1.29, 1.82) is 0 Å². The van der Waals surface area contributed by atoms with Crippen molar-refractivity contribution in [3.05, 3.63) is 99.0 Å². The summed E-state index contributed by atoms with van der Waals surface area (Å²) in [6, 6.07) is 15.0. The Morgan fingerprint density at radius 2 is 1.94 bits per heavy atom. The molecule has 0 aliphatic carbocycles. The molecule has 276 valence electrons. The number of carbonyl (C=O) groups is 1. The molecule has 1 atom stereocenters. The molecule has 1 N–H and O–H groups in total. The first-order chi connectivity index (χ1) is 25.7. The quantitative estimate of drug-likeness (QED) is 0.150. The molecule has 3 aromatic carbocycles. The van der Waals surface area contributed by atoms with Crippen molar-refractivity contribution >= 4 is 39.2 Å². The number of H-pyrrole nitrogens is 1. The van der Waals surface area contributed by atoms with Crippen molar-refractivity contribution in [2.24, 2.45) is 0 Å². The highest BCUT2D eigenvalue weighted by Crippen LogP contribution is 2.44. The molecule has 0 fully saturated rings. The third-order valence-electron chi connectivity index (χ3n) is 10.7. The van der Waals surface area contributed by atoms with Gasteiger partial charge in [0.1, 0.15) is 30.0 Å². The van der Waals surface area contributed by atoms with E-state index in [4.69, 9.17) is 35.6 Å². The third kappa shape index (κ3) is 6.49. The number of esters is 1. The number of aromatic nitrogens is 5. The molecule has 12 heteroatoms. The molecule has 8 rings (SSSR count). The van der Waals surface area contributed by atoms with E-state index in [1.807, 2.05) is 34.4 Å². The molecular weight excluding hydrogens is 697 g/mol. The summed E-state index contributed by atoms with van der Waals surface area (Å²) in [4.78, 5) is 13.5. The minimum absolute atomic E-state index is 0.215. The standard InChI is InChI=1S/C41H43ClFN5O5/c1-24-36-33-12-11-32(42)38(36)37-25(2)44-48-16-19-53-34(40(37)48)13-8-29-23-30(47(45-29)15-18-50-3)9-6-26-20-27-22-28(43)7-10-31(27)35(21-26)52-17-5-14-46(33)39(24)41(49)51-4/h7,10-12,20-23,34H,5-6,8-9,13-19H2,1-4H3/p+1. The number of nitrogens with zero attached hydrogens (tertiary/aromatic N) is 4. The fraction of sp³-hybridized carbons (Fsp3) is 0.390. The zero-order valence-electron chi connectivity index (χ0n) is 30.6. The topological polar surface area (TPSA) is 96.4 Å². The van der Waals surface area contributed by atoms with Crippen LogP contribution in [0.15, 0.2) is 48.5 Å². The van der Waals surface area contributed by atoms with Crippen LogP contribution in [0.5, 0.6) is 5.75 Å². The number of ether oxygens (including phenoxy) is 4. The maximum atomic E-state index is 14.5. The maximum Gasteiger partial charge on any atom is 0.354 e. The van der Waals surface area contributed by atoms with Crippen LogP contribution in [0.25, 0.3) is 32.8 Å². The van der Waals surface area contributed by atoms with Gasteiger partial charge in [0, 0.05) is 46.2 Å². The van der Waals surface area contributed by atoms with Gasteiger partial charge in [-0.2, -0.15) is 10.2 Å². The number of hydrogen-bond donors (Lipinski definition) is 1. The number of aryl methyl sites for hydroxylation is 6. The monoisotopic (exact) mass is 740 g/mol. The van der Waals surface area contributed by atoms with Gasteiger partial charge < -0.3 is 23.5 Å². The Hall–Kier alpha value is -4.71. The number of hydrogen-bond acceptors (Lipinski definition) is 6. The largest absolute Gasteiger partial charge is 0.493 e. The lowest BCUT2D eigenvalue weighted by molar-refractivity contribution is -0.769. The Labute approximate surface area is 312 Å². The molecule has 0 saturated carbocycles. The van der Waals surface area contributed by atoms with Crippen molar-refractivity contribution in [3.63, 3.8) is 0 Å².